The summed E-state index contributed by atoms with van der Waals surface area (Å²) in [5, 5.41) is 3.43. The van der Waals surface area contributed by atoms with Crippen molar-refractivity contribution >= 4 is 5.84 Å². The quantitative estimate of drug-likeness (QED) is 0.662. The van der Waals surface area contributed by atoms with Gasteiger partial charge in [-0.1, -0.05) is 6.42 Å². The van der Waals surface area contributed by atoms with E-state index in [-0.39, 0.29) is 0 Å². The number of amidine groups is 1. The fourth-order valence-corrected chi connectivity index (χ4v) is 1.82. The van der Waals surface area contributed by atoms with Crippen molar-refractivity contribution in [2.75, 3.05) is 40.0 Å². The maximum atomic E-state index is 5.40. The molecule has 0 saturated heterocycles. The molecule has 4 heteroatoms. The maximum absolute atomic E-state index is 5.40. The molecule has 0 spiro atoms. The Hall–Kier alpha value is -0.610. The molecule has 1 heterocycles. The van der Waals surface area contributed by atoms with Crippen molar-refractivity contribution in [3.8, 4) is 0 Å². The van der Waals surface area contributed by atoms with Gasteiger partial charge in [-0.25, -0.2) is 0 Å². The first kappa shape index (κ1) is 14.5. The van der Waals surface area contributed by atoms with Crippen LogP contribution in [-0.4, -0.2) is 45.9 Å². The van der Waals surface area contributed by atoms with E-state index in [0.29, 0.717) is 13.2 Å². The van der Waals surface area contributed by atoms with Gasteiger partial charge in [-0.3, -0.25) is 4.99 Å². The van der Waals surface area contributed by atoms with E-state index in [9.17, 15) is 0 Å². The highest BCUT2D eigenvalue weighted by Gasteiger charge is 2.02. The van der Waals surface area contributed by atoms with Gasteiger partial charge in [0, 0.05) is 33.2 Å². The minimum absolute atomic E-state index is 0.690. The number of rotatable bonds is 8. The third kappa shape index (κ3) is 8.16. The summed E-state index contributed by atoms with van der Waals surface area (Å²) in [7, 11) is 1.70. The molecule has 1 N–H and O–H groups in total. The molecule has 0 unspecified atom stereocenters. The van der Waals surface area contributed by atoms with Crippen molar-refractivity contribution in [2.45, 2.75) is 38.5 Å². The molecule has 0 aromatic heterocycles. The Labute approximate surface area is 105 Å². The summed E-state index contributed by atoms with van der Waals surface area (Å²) < 4.78 is 10.3. The summed E-state index contributed by atoms with van der Waals surface area (Å²) in [5.41, 5.74) is 0. The van der Waals surface area contributed by atoms with E-state index in [2.05, 4.69) is 10.3 Å². The van der Waals surface area contributed by atoms with E-state index in [1.54, 1.807) is 7.11 Å². The van der Waals surface area contributed by atoms with Crippen molar-refractivity contribution < 1.29 is 9.47 Å². The summed E-state index contributed by atoms with van der Waals surface area (Å²) in [5.74, 6) is 1.21. The molecule has 0 bridgehead atoms. The zero-order valence-corrected chi connectivity index (χ0v) is 11.0. The Morgan fingerprint density at radius 2 is 2.06 bits per heavy atom. The van der Waals surface area contributed by atoms with E-state index in [1.165, 1.54) is 25.1 Å². The van der Waals surface area contributed by atoms with Crippen LogP contribution in [0.25, 0.3) is 0 Å². The SMILES string of the molecule is COCCOCCCCNC1=NCCCCC1. The standard InChI is InChI=1S/C13H26N2O2/c1-16-11-12-17-10-6-5-9-15-13-7-3-2-4-8-14-13/h2-12H2,1H3,(H,14,15). The van der Waals surface area contributed by atoms with Gasteiger partial charge in [-0.15, -0.1) is 0 Å². The van der Waals surface area contributed by atoms with Gasteiger partial charge in [0.25, 0.3) is 0 Å². The lowest BCUT2D eigenvalue weighted by Crippen LogP contribution is -2.24. The van der Waals surface area contributed by atoms with Crippen molar-refractivity contribution in [2.24, 2.45) is 4.99 Å². The number of nitrogens with one attached hydrogen (secondary N) is 1. The average Bonchev–Trinajstić information content (AvgIpc) is 2.61. The molecule has 0 fully saturated rings. The lowest BCUT2D eigenvalue weighted by Gasteiger charge is -2.08. The largest absolute Gasteiger partial charge is 0.382 e. The van der Waals surface area contributed by atoms with Gasteiger partial charge in [0.15, 0.2) is 0 Å². The van der Waals surface area contributed by atoms with Gasteiger partial charge in [0.1, 0.15) is 0 Å². The van der Waals surface area contributed by atoms with Crippen molar-refractivity contribution in [1.82, 2.24) is 5.32 Å². The molecule has 0 aliphatic carbocycles. The van der Waals surface area contributed by atoms with Crippen LogP contribution in [0.2, 0.25) is 0 Å². The molecule has 1 rings (SSSR count). The first-order valence-electron chi connectivity index (χ1n) is 6.77. The van der Waals surface area contributed by atoms with Crippen molar-refractivity contribution in [3.63, 3.8) is 0 Å². The molecule has 4 nitrogen and oxygen atoms in total. The number of aliphatic imine (C=N–C) groups is 1. The Bertz CT molecular complexity index is 208. The van der Waals surface area contributed by atoms with Crippen LogP contribution in [0.5, 0.6) is 0 Å². The topological polar surface area (TPSA) is 42.9 Å². The van der Waals surface area contributed by atoms with E-state index in [1.807, 2.05) is 0 Å². The Kier molecular flexibility index (Phi) is 8.96. The van der Waals surface area contributed by atoms with Crippen molar-refractivity contribution in [1.29, 1.82) is 0 Å². The molecule has 0 aromatic carbocycles. The fourth-order valence-electron chi connectivity index (χ4n) is 1.82. The summed E-state index contributed by atoms with van der Waals surface area (Å²) in [6.07, 6.45) is 7.23. The Morgan fingerprint density at radius 3 is 2.94 bits per heavy atom. The molecule has 0 amide bonds. The monoisotopic (exact) mass is 242 g/mol. The van der Waals surface area contributed by atoms with Crippen LogP contribution in [0.4, 0.5) is 0 Å². The van der Waals surface area contributed by atoms with Crippen LogP contribution in [-0.2, 0) is 9.47 Å². The number of ether oxygens (including phenoxy) is 2. The number of unbranched alkanes of at least 4 members (excludes halogenated alkanes) is 1. The molecule has 0 atom stereocenters. The molecule has 0 aromatic rings. The van der Waals surface area contributed by atoms with Gasteiger partial charge in [-0.2, -0.15) is 0 Å². The third-order valence-electron chi connectivity index (χ3n) is 2.85. The van der Waals surface area contributed by atoms with Crippen LogP contribution in [0.15, 0.2) is 4.99 Å². The molecule has 0 saturated carbocycles. The smallest absolute Gasteiger partial charge is 0.0963 e. The second kappa shape index (κ2) is 10.5. The first-order valence-corrected chi connectivity index (χ1v) is 6.77. The minimum atomic E-state index is 0.690. The van der Waals surface area contributed by atoms with E-state index in [0.717, 1.165) is 39.0 Å². The predicted octanol–water partition coefficient (Wildman–Crippen LogP) is 1.99. The number of hydrogen-bond acceptors (Lipinski definition) is 4. The number of methoxy groups -OCH3 is 1. The van der Waals surface area contributed by atoms with E-state index < -0.39 is 0 Å². The van der Waals surface area contributed by atoms with Crippen LogP contribution >= 0.6 is 0 Å². The second-order valence-corrected chi connectivity index (χ2v) is 4.38. The highest BCUT2D eigenvalue weighted by molar-refractivity contribution is 5.82. The molecule has 17 heavy (non-hydrogen) atoms. The minimum Gasteiger partial charge on any atom is -0.382 e. The van der Waals surface area contributed by atoms with Crippen LogP contribution in [0.1, 0.15) is 38.5 Å². The van der Waals surface area contributed by atoms with Crippen LogP contribution in [0.3, 0.4) is 0 Å². The summed E-state index contributed by atoms with van der Waals surface area (Å²) in [6.45, 7) is 4.25. The fraction of sp³-hybridized carbons (Fsp3) is 0.923. The molecule has 0 radical (unpaired) electrons. The van der Waals surface area contributed by atoms with Gasteiger partial charge < -0.3 is 14.8 Å². The zero-order valence-electron chi connectivity index (χ0n) is 11.0. The predicted molar refractivity (Wildman–Crippen MR) is 70.7 cm³/mol. The van der Waals surface area contributed by atoms with E-state index >= 15 is 0 Å². The van der Waals surface area contributed by atoms with Gasteiger partial charge in [0.2, 0.25) is 0 Å². The third-order valence-corrected chi connectivity index (χ3v) is 2.85. The second-order valence-electron chi connectivity index (χ2n) is 4.38. The number of nitrogens with zero attached hydrogens (tertiary/aromatic N) is 1. The van der Waals surface area contributed by atoms with Gasteiger partial charge in [-0.05, 0) is 25.7 Å². The molecule has 1 aliphatic heterocycles. The van der Waals surface area contributed by atoms with Gasteiger partial charge in [0.05, 0.1) is 19.0 Å². The normalized spacial score (nSPS) is 16.4. The van der Waals surface area contributed by atoms with Crippen LogP contribution in [0, 0.1) is 0 Å². The maximum Gasteiger partial charge on any atom is 0.0963 e. The highest BCUT2D eigenvalue weighted by Crippen LogP contribution is 2.05. The number of hydrogen-bond donors (Lipinski definition) is 1. The first-order chi connectivity index (χ1) is 8.43. The average molecular weight is 242 g/mol. The lowest BCUT2D eigenvalue weighted by atomic mass is 10.2. The lowest BCUT2D eigenvalue weighted by molar-refractivity contribution is 0.0689. The molecular formula is C13H26N2O2. The van der Waals surface area contributed by atoms with Crippen LogP contribution < -0.4 is 5.32 Å². The summed E-state index contributed by atoms with van der Waals surface area (Å²) in [4.78, 5) is 4.54. The highest BCUT2D eigenvalue weighted by atomic mass is 16.5. The molecule has 100 valence electrons. The summed E-state index contributed by atoms with van der Waals surface area (Å²) in [6, 6.07) is 0. The summed E-state index contributed by atoms with van der Waals surface area (Å²) >= 11 is 0. The van der Waals surface area contributed by atoms with Gasteiger partial charge >= 0.3 is 0 Å². The molecule has 1 aliphatic rings. The zero-order chi connectivity index (χ0) is 12.2. The van der Waals surface area contributed by atoms with E-state index in [4.69, 9.17) is 9.47 Å². The Morgan fingerprint density at radius 1 is 1.12 bits per heavy atom. The van der Waals surface area contributed by atoms with Crippen molar-refractivity contribution in [3.05, 3.63) is 0 Å². The molecular weight excluding hydrogens is 216 g/mol. The Balaban J connectivity index is 1.88.